The normalized spacial score (nSPS) is 10.2. The van der Waals surface area contributed by atoms with Gasteiger partial charge in [0.05, 0.1) is 6.04 Å². The maximum Gasteiger partial charge on any atom is 0.136 e. The summed E-state index contributed by atoms with van der Waals surface area (Å²) in [4.78, 5) is 13.6. The number of carbonyl (C=O) groups excluding carboxylic acids is 1. The zero-order chi connectivity index (χ0) is 13.9. The third-order valence-corrected chi connectivity index (χ3v) is 1.71. The highest BCUT2D eigenvalue weighted by Crippen LogP contribution is 1.91. The molecule has 5 heteroatoms. The van der Waals surface area contributed by atoms with Gasteiger partial charge in [0, 0.05) is 13.7 Å². The molecule has 3 N–H and O–H groups in total. The lowest BCUT2D eigenvalue weighted by Crippen LogP contribution is -2.30. The van der Waals surface area contributed by atoms with E-state index in [4.69, 9.17) is 0 Å². The van der Waals surface area contributed by atoms with E-state index < -0.39 is 0 Å². The standard InChI is InChI=1S/C8H19N3O.C2H5N.C2H6/c1-9-7-11-5-3-4-8(6-12)10-2;1-3-2;1-2/h6,8-11H,3-5,7H2,1-2H3;1H2,2H3;1-2H3. The van der Waals surface area contributed by atoms with E-state index in [1.165, 1.54) is 0 Å². The Morgan fingerprint density at radius 3 is 2.24 bits per heavy atom. The minimum Gasteiger partial charge on any atom is -0.311 e. The van der Waals surface area contributed by atoms with Crippen molar-refractivity contribution in [3.8, 4) is 0 Å². The number of nitrogens with one attached hydrogen (secondary N) is 3. The maximum atomic E-state index is 10.4. The fraction of sp³-hybridized carbons (Fsp3) is 0.833. The van der Waals surface area contributed by atoms with Crippen molar-refractivity contribution in [3.63, 3.8) is 0 Å². The summed E-state index contributed by atoms with van der Waals surface area (Å²) < 4.78 is 0. The molecule has 0 aliphatic carbocycles. The summed E-state index contributed by atoms with van der Waals surface area (Å²) in [6.45, 7) is 8.89. The quantitative estimate of drug-likeness (QED) is 0.255. The summed E-state index contributed by atoms with van der Waals surface area (Å²) in [5, 5.41) is 9.10. The molecule has 0 aromatic heterocycles. The van der Waals surface area contributed by atoms with Gasteiger partial charge < -0.3 is 25.7 Å². The Bertz CT molecular complexity index is 142. The Kier molecular flexibility index (Phi) is 30.9. The highest BCUT2D eigenvalue weighted by atomic mass is 16.1. The van der Waals surface area contributed by atoms with Crippen LogP contribution in [0.2, 0.25) is 0 Å². The molecule has 17 heavy (non-hydrogen) atoms. The largest absolute Gasteiger partial charge is 0.311 e. The molecular weight excluding hydrogens is 216 g/mol. The van der Waals surface area contributed by atoms with Gasteiger partial charge in [-0.25, -0.2) is 0 Å². The molecule has 0 fully saturated rings. The summed E-state index contributed by atoms with van der Waals surface area (Å²) in [7, 11) is 5.34. The lowest BCUT2D eigenvalue weighted by Gasteiger charge is -2.08. The summed E-state index contributed by atoms with van der Waals surface area (Å²) in [6.07, 6.45) is 2.88. The molecule has 0 saturated carbocycles. The molecule has 1 unspecified atom stereocenters. The molecule has 104 valence electrons. The maximum absolute atomic E-state index is 10.4. The number of aldehydes is 1. The van der Waals surface area contributed by atoms with E-state index in [9.17, 15) is 4.79 Å². The molecule has 0 bridgehead atoms. The van der Waals surface area contributed by atoms with E-state index in [2.05, 4.69) is 27.7 Å². The van der Waals surface area contributed by atoms with Crippen LogP contribution in [0.5, 0.6) is 0 Å². The lowest BCUT2D eigenvalue weighted by molar-refractivity contribution is -0.109. The van der Waals surface area contributed by atoms with Gasteiger partial charge in [-0.15, -0.1) is 0 Å². The number of carbonyl (C=O) groups is 1. The van der Waals surface area contributed by atoms with Gasteiger partial charge in [-0.2, -0.15) is 0 Å². The minimum absolute atomic E-state index is 0.0152. The van der Waals surface area contributed by atoms with E-state index in [0.29, 0.717) is 0 Å². The van der Waals surface area contributed by atoms with Crippen molar-refractivity contribution in [2.24, 2.45) is 4.99 Å². The predicted molar refractivity (Wildman–Crippen MR) is 76.9 cm³/mol. The lowest BCUT2D eigenvalue weighted by atomic mass is 10.2. The zero-order valence-corrected chi connectivity index (χ0v) is 12.0. The topological polar surface area (TPSA) is 65.5 Å². The second-order valence-corrected chi connectivity index (χ2v) is 3.02. The zero-order valence-electron chi connectivity index (χ0n) is 12.0. The number of rotatable bonds is 8. The van der Waals surface area contributed by atoms with Crippen molar-refractivity contribution in [1.29, 1.82) is 0 Å². The fourth-order valence-electron chi connectivity index (χ4n) is 0.941. The van der Waals surface area contributed by atoms with Gasteiger partial charge in [0.1, 0.15) is 6.29 Å². The SMILES string of the molecule is C=NC.CC.CNCNCCCC(C=O)NC. The molecule has 0 heterocycles. The van der Waals surface area contributed by atoms with Crippen LogP contribution in [-0.4, -0.2) is 53.4 Å². The molecule has 0 aliphatic rings. The first-order valence-corrected chi connectivity index (χ1v) is 6.09. The van der Waals surface area contributed by atoms with Crippen LogP contribution in [-0.2, 0) is 4.79 Å². The van der Waals surface area contributed by atoms with E-state index in [-0.39, 0.29) is 6.04 Å². The average molecular weight is 246 g/mol. The Labute approximate surface area is 106 Å². The van der Waals surface area contributed by atoms with Gasteiger partial charge in [0.15, 0.2) is 0 Å². The van der Waals surface area contributed by atoms with Crippen LogP contribution in [0.1, 0.15) is 26.7 Å². The molecule has 0 aliphatic heterocycles. The monoisotopic (exact) mass is 246 g/mol. The van der Waals surface area contributed by atoms with Crippen molar-refractivity contribution in [2.45, 2.75) is 32.7 Å². The first kappa shape index (κ1) is 21.5. The van der Waals surface area contributed by atoms with Crippen LogP contribution in [0, 0.1) is 0 Å². The Morgan fingerprint density at radius 2 is 1.88 bits per heavy atom. The summed E-state index contributed by atoms with van der Waals surface area (Å²) in [6, 6.07) is 0.0152. The molecular formula is C12H30N4O. The molecule has 0 spiro atoms. The van der Waals surface area contributed by atoms with Gasteiger partial charge in [0.2, 0.25) is 0 Å². The summed E-state index contributed by atoms with van der Waals surface area (Å²) in [5.41, 5.74) is 0. The van der Waals surface area contributed by atoms with Crippen LogP contribution < -0.4 is 16.0 Å². The highest BCUT2D eigenvalue weighted by Gasteiger charge is 2.01. The summed E-state index contributed by atoms with van der Waals surface area (Å²) >= 11 is 0. The van der Waals surface area contributed by atoms with Crippen LogP contribution >= 0.6 is 0 Å². The number of hydrogen-bond acceptors (Lipinski definition) is 5. The fourth-order valence-corrected chi connectivity index (χ4v) is 0.941. The van der Waals surface area contributed by atoms with Crippen molar-refractivity contribution in [1.82, 2.24) is 16.0 Å². The third-order valence-electron chi connectivity index (χ3n) is 1.71. The third kappa shape index (κ3) is 25.5. The molecule has 0 rings (SSSR count). The van der Waals surface area contributed by atoms with Crippen LogP contribution in [0.15, 0.2) is 4.99 Å². The van der Waals surface area contributed by atoms with Gasteiger partial charge in [-0.3, -0.25) is 0 Å². The average Bonchev–Trinajstić information content (AvgIpc) is 2.37. The summed E-state index contributed by atoms with van der Waals surface area (Å²) in [5.74, 6) is 0. The van der Waals surface area contributed by atoms with Crippen molar-refractivity contribution in [2.75, 3.05) is 34.4 Å². The molecule has 0 saturated heterocycles. The van der Waals surface area contributed by atoms with Crippen LogP contribution in [0.25, 0.3) is 0 Å². The molecule has 0 aromatic rings. The second kappa shape index (κ2) is 24.4. The molecule has 0 aromatic carbocycles. The minimum atomic E-state index is 0.0152. The number of likely N-dealkylation sites (N-methyl/N-ethyl adjacent to an activating group) is 1. The van der Waals surface area contributed by atoms with E-state index in [0.717, 1.165) is 32.3 Å². The Balaban J connectivity index is -0.000000337. The van der Waals surface area contributed by atoms with Crippen molar-refractivity contribution in [3.05, 3.63) is 0 Å². The van der Waals surface area contributed by atoms with Gasteiger partial charge in [-0.1, -0.05) is 13.8 Å². The first-order chi connectivity index (χ1) is 8.26. The number of aliphatic imine (C=N–C) groups is 1. The van der Waals surface area contributed by atoms with Gasteiger partial charge in [0.25, 0.3) is 0 Å². The van der Waals surface area contributed by atoms with Crippen molar-refractivity contribution < 1.29 is 4.79 Å². The molecule has 0 amide bonds. The first-order valence-electron chi connectivity index (χ1n) is 6.09. The molecule has 5 nitrogen and oxygen atoms in total. The van der Waals surface area contributed by atoms with Crippen molar-refractivity contribution >= 4 is 13.0 Å². The Hall–Kier alpha value is -0.780. The number of nitrogens with zero attached hydrogens (tertiary/aromatic N) is 1. The Morgan fingerprint density at radius 1 is 1.35 bits per heavy atom. The predicted octanol–water partition coefficient (Wildman–Crippen LogP) is 0.663. The van der Waals surface area contributed by atoms with Gasteiger partial charge in [-0.05, 0) is 40.2 Å². The van der Waals surface area contributed by atoms with Crippen LogP contribution in [0.4, 0.5) is 0 Å². The molecule has 1 atom stereocenters. The van der Waals surface area contributed by atoms with E-state index in [1.807, 2.05) is 20.9 Å². The van der Waals surface area contributed by atoms with E-state index in [1.54, 1.807) is 14.1 Å². The molecule has 0 radical (unpaired) electrons. The smallest absolute Gasteiger partial charge is 0.136 e. The highest BCUT2D eigenvalue weighted by molar-refractivity contribution is 5.57. The van der Waals surface area contributed by atoms with E-state index >= 15 is 0 Å². The van der Waals surface area contributed by atoms with Crippen LogP contribution in [0.3, 0.4) is 0 Å². The number of hydrogen-bond donors (Lipinski definition) is 3. The second-order valence-electron chi connectivity index (χ2n) is 3.02. The van der Waals surface area contributed by atoms with Gasteiger partial charge >= 0.3 is 0 Å².